The molecular weight excluding hydrogens is 279 g/mol. The lowest BCUT2D eigenvalue weighted by atomic mass is 10.1. The Morgan fingerprint density at radius 3 is 2.33 bits per heavy atom. The fraction of sp³-hybridized carbons (Fsp3) is 0.250. The van der Waals surface area contributed by atoms with Gasteiger partial charge in [0.05, 0.1) is 4.92 Å². The zero-order valence-electron chi connectivity index (χ0n) is 7.43. The standard InChI is InChI=1S/C8H5BrF3NO2/c1-4-2-5(8(10,11)12)7(13(14)15)3-6(4)9/h2-3H,1H3. The van der Waals surface area contributed by atoms with Gasteiger partial charge >= 0.3 is 6.18 Å². The summed E-state index contributed by atoms with van der Waals surface area (Å²) in [5, 5.41) is 10.4. The third-order valence-electron chi connectivity index (χ3n) is 1.78. The highest BCUT2D eigenvalue weighted by Crippen LogP contribution is 2.38. The van der Waals surface area contributed by atoms with Gasteiger partial charge in [-0.25, -0.2) is 0 Å². The molecule has 0 aromatic heterocycles. The summed E-state index contributed by atoms with van der Waals surface area (Å²) in [5.74, 6) is 0. The topological polar surface area (TPSA) is 43.1 Å². The molecule has 0 aliphatic rings. The average molecular weight is 284 g/mol. The largest absolute Gasteiger partial charge is 0.423 e. The molecule has 7 heteroatoms. The van der Waals surface area contributed by atoms with E-state index in [9.17, 15) is 23.3 Å². The van der Waals surface area contributed by atoms with Gasteiger partial charge in [-0.05, 0) is 18.6 Å². The highest BCUT2D eigenvalue weighted by Gasteiger charge is 2.38. The second-order valence-corrected chi connectivity index (χ2v) is 3.73. The molecule has 15 heavy (non-hydrogen) atoms. The third kappa shape index (κ3) is 2.47. The lowest BCUT2D eigenvalue weighted by molar-refractivity contribution is -0.388. The van der Waals surface area contributed by atoms with Crippen LogP contribution in [0.3, 0.4) is 0 Å². The van der Waals surface area contributed by atoms with E-state index in [1.54, 1.807) is 0 Å². The van der Waals surface area contributed by atoms with E-state index in [1.165, 1.54) is 6.92 Å². The number of aryl methyl sites for hydroxylation is 1. The minimum Gasteiger partial charge on any atom is -0.258 e. The van der Waals surface area contributed by atoms with Crippen molar-refractivity contribution in [2.45, 2.75) is 13.1 Å². The van der Waals surface area contributed by atoms with E-state index in [2.05, 4.69) is 15.9 Å². The van der Waals surface area contributed by atoms with Crippen LogP contribution in [0.25, 0.3) is 0 Å². The molecule has 1 rings (SSSR count). The minimum atomic E-state index is -4.71. The van der Waals surface area contributed by atoms with E-state index < -0.39 is 22.4 Å². The summed E-state index contributed by atoms with van der Waals surface area (Å²) in [5.41, 5.74) is -1.87. The van der Waals surface area contributed by atoms with Gasteiger partial charge < -0.3 is 0 Å². The molecule has 0 unspecified atom stereocenters. The number of nitro groups is 1. The smallest absolute Gasteiger partial charge is 0.258 e. The average Bonchev–Trinajstić information content (AvgIpc) is 2.06. The van der Waals surface area contributed by atoms with Crippen LogP contribution in [-0.2, 0) is 6.18 Å². The number of alkyl halides is 3. The summed E-state index contributed by atoms with van der Waals surface area (Å²) in [7, 11) is 0. The molecule has 3 nitrogen and oxygen atoms in total. The number of nitrogens with zero attached hydrogens (tertiary/aromatic N) is 1. The van der Waals surface area contributed by atoms with E-state index in [4.69, 9.17) is 0 Å². The highest BCUT2D eigenvalue weighted by atomic mass is 79.9. The quantitative estimate of drug-likeness (QED) is 0.583. The first kappa shape index (κ1) is 12.0. The summed E-state index contributed by atoms with van der Waals surface area (Å²) in [6.45, 7) is 1.43. The van der Waals surface area contributed by atoms with Gasteiger partial charge in [0.2, 0.25) is 0 Å². The van der Waals surface area contributed by atoms with Crippen molar-refractivity contribution in [3.63, 3.8) is 0 Å². The van der Waals surface area contributed by atoms with Crippen LogP contribution in [0.5, 0.6) is 0 Å². The molecule has 0 aliphatic heterocycles. The number of hydrogen-bond acceptors (Lipinski definition) is 2. The molecule has 1 aromatic carbocycles. The Hall–Kier alpha value is -1.11. The third-order valence-corrected chi connectivity index (χ3v) is 2.63. The maximum atomic E-state index is 12.4. The number of benzene rings is 1. The monoisotopic (exact) mass is 283 g/mol. The summed E-state index contributed by atoms with van der Waals surface area (Å²) in [6, 6.07) is 1.61. The predicted octanol–water partition coefficient (Wildman–Crippen LogP) is 3.68. The molecule has 0 aliphatic carbocycles. The van der Waals surface area contributed by atoms with Crippen LogP contribution < -0.4 is 0 Å². The van der Waals surface area contributed by atoms with Gasteiger partial charge in [-0.2, -0.15) is 13.2 Å². The molecule has 0 fully saturated rings. The van der Waals surface area contributed by atoms with Crippen LogP contribution in [0.2, 0.25) is 0 Å². The maximum Gasteiger partial charge on any atom is 0.423 e. The van der Waals surface area contributed by atoms with Gasteiger partial charge in [-0.15, -0.1) is 0 Å². The molecule has 0 spiro atoms. The Kier molecular flexibility index (Phi) is 3.03. The number of nitro benzene ring substituents is 1. The molecule has 0 saturated heterocycles. The van der Waals surface area contributed by atoms with Crippen molar-refractivity contribution < 1.29 is 18.1 Å². The summed E-state index contributed by atoms with van der Waals surface area (Å²) < 4.78 is 37.5. The second-order valence-electron chi connectivity index (χ2n) is 2.87. The zero-order chi connectivity index (χ0) is 11.8. The Labute approximate surface area is 91.2 Å². The zero-order valence-corrected chi connectivity index (χ0v) is 9.02. The predicted molar refractivity (Wildman–Crippen MR) is 50.5 cm³/mol. The Bertz CT molecular complexity index is 417. The van der Waals surface area contributed by atoms with Gasteiger partial charge in [0.25, 0.3) is 5.69 Å². The summed E-state index contributed by atoms with van der Waals surface area (Å²) >= 11 is 2.94. The van der Waals surface area contributed by atoms with Crippen molar-refractivity contribution in [1.82, 2.24) is 0 Å². The molecule has 0 amide bonds. The number of halogens is 4. The van der Waals surface area contributed by atoms with Gasteiger partial charge in [-0.3, -0.25) is 10.1 Å². The fourth-order valence-electron chi connectivity index (χ4n) is 1.05. The maximum absolute atomic E-state index is 12.4. The SMILES string of the molecule is Cc1cc(C(F)(F)F)c([N+](=O)[O-])cc1Br. The van der Waals surface area contributed by atoms with Crippen molar-refractivity contribution in [3.05, 3.63) is 37.8 Å². The van der Waals surface area contributed by atoms with Crippen molar-refractivity contribution in [3.8, 4) is 0 Å². The van der Waals surface area contributed by atoms with Crippen molar-refractivity contribution >= 4 is 21.6 Å². The van der Waals surface area contributed by atoms with E-state index >= 15 is 0 Å². The molecule has 82 valence electrons. The van der Waals surface area contributed by atoms with Crippen LogP contribution >= 0.6 is 15.9 Å². The number of hydrogen-bond donors (Lipinski definition) is 0. The lowest BCUT2D eigenvalue weighted by Gasteiger charge is -2.09. The highest BCUT2D eigenvalue weighted by molar-refractivity contribution is 9.10. The van der Waals surface area contributed by atoms with E-state index in [0.29, 0.717) is 5.56 Å². The molecule has 0 heterocycles. The minimum absolute atomic E-state index is 0.280. The van der Waals surface area contributed by atoms with Crippen LogP contribution in [0.4, 0.5) is 18.9 Å². The molecule has 0 N–H and O–H groups in total. The van der Waals surface area contributed by atoms with E-state index in [1.807, 2.05) is 0 Å². The van der Waals surface area contributed by atoms with E-state index in [0.717, 1.165) is 12.1 Å². The first-order chi connectivity index (χ1) is 6.73. The first-order valence-electron chi connectivity index (χ1n) is 3.75. The van der Waals surface area contributed by atoms with Crippen LogP contribution in [0, 0.1) is 17.0 Å². The van der Waals surface area contributed by atoms with Crippen LogP contribution in [0.1, 0.15) is 11.1 Å². The Balaban J connectivity index is 3.49. The summed E-state index contributed by atoms with van der Waals surface area (Å²) in [4.78, 5) is 9.37. The lowest BCUT2D eigenvalue weighted by Crippen LogP contribution is -2.09. The molecule has 1 aromatic rings. The van der Waals surface area contributed by atoms with Gasteiger partial charge in [0.1, 0.15) is 5.56 Å². The fourth-order valence-corrected chi connectivity index (χ4v) is 1.38. The molecular formula is C8H5BrF3NO2. The normalized spacial score (nSPS) is 11.5. The van der Waals surface area contributed by atoms with Gasteiger partial charge in [0, 0.05) is 10.5 Å². The molecule has 0 atom stereocenters. The number of rotatable bonds is 1. The van der Waals surface area contributed by atoms with Crippen LogP contribution in [-0.4, -0.2) is 4.92 Å². The van der Waals surface area contributed by atoms with Crippen molar-refractivity contribution in [1.29, 1.82) is 0 Å². The van der Waals surface area contributed by atoms with Crippen molar-refractivity contribution in [2.75, 3.05) is 0 Å². The Morgan fingerprint density at radius 2 is 1.93 bits per heavy atom. The van der Waals surface area contributed by atoms with Crippen LogP contribution in [0.15, 0.2) is 16.6 Å². The Morgan fingerprint density at radius 1 is 1.40 bits per heavy atom. The summed E-state index contributed by atoms with van der Waals surface area (Å²) in [6.07, 6.45) is -4.71. The first-order valence-corrected chi connectivity index (χ1v) is 4.54. The van der Waals surface area contributed by atoms with E-state index in [-0.39, 0.29) is 4.47 Å². The second kappa shape index (κ2) is 3.80. The molecule has 0 saturated carbocycles. The van der Waals surface area contributed by atoms with Crippen molar-refractivity contribution in [2.24, 2.45) is 0 Å². The van der Waals surface area contributed by atoms with Gasteiger partial charge in [0.15, 0.2) is 0 Å². The van der Waals surface area contributed by atoms with Gasteiger partial charge in [-0.1, -0.05) is 15.9 Å². The molecule has 0 radical (unpaired) electrons. The molecule has 0 bridgehead atoms.